The molecule has 160 valence electrons. The Morgan fingerprint density at radius 3 is 2.59 bits per heavy atom. The second-order valence-electron chi connectivity index (χ2n) is 7.37. The van der Waals surface area contributed by atoms with Crippen LogP contribution < -0.4 is 15.1 Å². The average molecular weight is 494 g/mol. The number of hydrogen-bond acceptors (Lipinski definition) is 4. The van der Waals surface area contributed by atoms with E-state index in [1.165, 1.54) is 29.2 Å². The average Bonchev–Trinajstić information content (AvgIpc) is 3.08. The fourth-order valence-electron chi connectivity index (χ4n) is 4.07. The van der Waals surface area contributed by atoms with Gasteiger partial charge in [0.05, 0.1) is 23.6 Å². The summed E-state index contributed by atoms with van der Waals surface area (Å²) in [6.07, 6.45) is 0. The minimum Gasteiger partial charge on any atom is -0.494 e. The molecule has 1 amide bonds. The summed E-state index contributed by atoms with van der Waals surface area (Å²) in [6.45, 7) is 2.36. The predicted molar refractivity (Wildman–Crippen MR) is 123 cm³/mol. The van der Waals surface area contributed by atoms with Gasteiger partial charge in [-0.1, -0.05) is 28.1 Å². The van der Waals surface area contributed by atoms with Gasteiger partial charge in [-0.2, -0.15) is 0 Å². The summed E-state index contributed by atoms with van der Waals surface area (Å²) >= 11 is 3.39. The van der Waals surface area contributed by atoms with E-state index in [0.29, 0.717) is 34.6 Å². The molecule has 1 aromatic heterocycles. The van der Waals surface area contributed by atoms with Crippen LogP contribution in [0.2, 0.25) is 0 Å². The van der Waals surface area contributed by atoms with Crippen molar-refractivity contribution in [3.05, 3.63) is 104 Å². The molecule has 1 atom stereocenters. The van der Waals surface area contributed by atoms with E-state index in [9.17, 15) is 14.0 Å². The third kappa shape index (κ3) is 3.29. The SMILES string of the molecule is CCOc1cccc(C2c3c(oc4ccc(Br)cc4c3=O)C(=O)N2c2ccc(F)cc2)c1. The molecule has 0 bridgehead atoms. The van der Waals surface area contributed by atoms with Crippen molar-refractivity contribution < 1.29 is 18.3 Å². The normalized spacial score (nSPS) is 15.3. The molecule has 5 nitrogen and oxygen atoms in total. The lowest BCUT2D eigenvalue weighted by Crippen LogP contribution is -2.29. The van der Waals surface area contributed by atoms with Gasteiger partial charge in [-0.3, -0.25) is 14.5 Å². The van der Waals surface area contributed by atoms with Crippen LogP contribution in [0.3, 0.4) is 0 Å². The van der Waals surface area contributed by atoms with Crippen LogP contribution >= 0.6 is 15.9 Å². The van der Waals surface area contributed by atoms with Crippen molar-refractivity contribution in [1.29, 1.82) is 0 Å². The predicted octanol–water partition coefficient (Wildman–Crippen LogP) is 5.84. The van der Waals surface area contributed by atoms with E-state index in [4.69, 9.17) is 9.15 Å². The molecule has 0 spiro atoms. The lowest BCUT2D eigenvalue weighted by atomic mass is 9.98. The molecule has 5 rings (SSSR count). The second kappa shape index (κ2) is 7.91. The molecule has 1 aliphatic rings. The van der Waals surface area contributed by atoms with Gasteiger partial charge in [0.2, 0.25) is 5.76 Å². The van der Waals surface area contributed by atoms with Crippen molar-refractivity contribution in [2.45, 2.75) is 13.0 Å². The zero-order valence-electron chi connectivity index (χ0n) is 17.0. The topological polar surface area (TPSA) is 59.8 Å². The monoisotopic (exact) mass is 493 g/mol. The highest BCUT2D eigenvalue weighted by atomic mass is 79.9. The molecule has 3 aromatic carbocycles. The first-order chi connectivity index (χ1) is 15.5. The second-order valence-corrected chi connectivity index (χ2v) is 8.29. The Bertz CT molecular complexity index is 1410. The minimum atomic E-state index is -0.747. The van der Waals surface area contributed by atoms with E-state index >= 15 is 0 Å². The lowest BCUT2D eigenvalue weighted by Gasteiger charge is -2.25. The number of halogens is 2. The number of anilines is 1. The summed E-state index contributed by atoms with van der Waals surface area (Å²) in [5.41, 5.74) is 1.44. The molecule has 0 saturated carbocycles. The molecule has 0 fully saturated rings. The van der Waals surface area contributed by atoms with Crippen molar-refractivity contribution in [1.82, 2.24) is 0 Å². The first-order valence-corrected chi connectivity index (χ1v) is 10.9. The van der Waals surface area contributed by atoms with Gasteiger partial charge < -0.3 is 9.15 Å². The van der Waals surface area contributed by atoms with Crippen LogP contribution in [0.25, 0.3) is 11.0 Å². The maximum atomic E-state index is 13.6. The Hall–Kier alpha value is -3.45. The number of ether oxygens (including phenoxy) is 1. The first-order valence-electron chi connectivity index (χ1n) is 10.1. The van der Waals surface area contributed by atoms with Crippen molar-refractivity contribution in [3.8, 4) is 5.75 Å². The summed E-state index contributed by atoms with van der Waals surface area (Å²) in [5, 5.41) is 0.373. The summed E-state index contributed by atoms with van der Waals surface area (Å²) in [5.74, 6) is -0.267. The molecule has 32 heavy (non-hydrogen) atoms. The van der Waals surface area contributed by atoms with Gasteiger partial charge in [-0.25, -0.2) is 4.39 Å². The molecular weight excluding hydrogens is 477 g/mol. The molecular formula is C25H17BrFNO4. The van der Waals surface area contributed by atoms with Crippen molar-refractivity contribution in [3.63, 3.8) is 0 Å². The number of nitrogens with zero attached hydrogens (tertiary/aromatic N) is 1. The molecule has 0 saturated heterocycles. The van der Waals surface area contributed by atoms with E-state index in [-0.39, 0.29) is 16.8 Å². The van der Waals surface area contributed by atoms with E-state index < -0.39 is 17.8 Å². The first kappa shape index (κ1) is 20.5. The van der Waals surface area contributed by atoms with Gasteiger partial charge in [0.1, 0.15) is 17.1 Å². The third-order valence-corrected chi connectivity index (χ3v) is 5.92. The number of benzene rings is 3. The van der Waals surface area contributed by atoms with Crippen LogP contribution in [-0.2, 0) is 0 Å². The molecule has 0 radical (unpaired) electrons. The standard InChI is InChI=1S/C25H17BrFNO4/c1-2-31-18-5-3-4-14(12-18)22-21-23(29)19-13-15(26)6-11-20(19)32-24(21)25(30)28(22)17-9-7-16(27)8-10-17/h3-13,22H,2H2,1H3. The van der Waals surface area contributed by atoms with Crippen LogP contribution in [0, 0.1) is 5.82 Å². The number of amides is 1. The highest BCUT2D eigenvalue weighted by molar-refractivity contribution is 9.10. The Morgan fingerprint density at radius 2 is 1.84 bits per heavy atom. The fourth-order valence-corrected chi connectivity index (χ4v) is 4.43. The van der Waals surface area contributed by atoms with Gasteiger partial charge in [-0.15, -0.1) is 0 Å². The van der Waals surface area contributed by atoms with Crippen LogP contribution in [0.1, 0.15) is 34.6 Å². The Balaban J connectivity index is 1.79. The van der Waals surface area contributed by atoms with E-state index in [0.717, 1.165) is 4.47 Å². The van der Waals surface area contributed by atoms with E-state index in [2.05, 4.69) is 15.9 Å². The molecule has 4 aromatic rings. The third-order valence-electron chi connectivity index (χ3n) is 5.42. The molecule has 1 unspecified atom stereocenters. The van der Waals surface area contributed by atoms with Crippen LogP contribution in [0.4, 0.5) is 10.1 Å². The number of rotatable bonds is 4. The van der Waals surface area contributed by atoms with E-state index in [1.54, 1.807) is 24.3 Å². The molecule has 0 N–H and O–H groups in total. The van der Waals surface area contributed by atoms with Gasteiger partial charge >= 0.3 is 0 Å². The molecule has 7 heteroatoms. The Morgan fingerprint density at radius 1 is 1.06 bits per heavy atom. The lowest BCUT2D eigenvalue weighted by molar-refractivity contribution is 0.0971. The van der Waals surface area contributed by atoms with Crippen molar-refractivity contribution >= 4 is 38.5 Å². The molecule has 1 aliphatic heterocycles. The fraction of sp³-hybridized carbons (Fsp3) is 0.120. The summed E-state index contributed by atoms with van der Waals surface area (Å²) in [4.78, 5) is 28.6. The largest absolute Gasteiger partial charge is 0.494 e. The summed E-state index contributed by atoms with van der Waals surface area (Å²) < 4.78 is 25.9. The summed E-state index contributed by atoms with van der Waals surface area (Å²) in [7, 11) is 0. The van der Waals surface area contributed by atoms with Gasteiger partial charge in [0, 0.05) is 10.2 Å². The quantitative estimate of drug-likeness (QED) is 0.358. The molecule has 2 heterocycles. The maximum absolute atomic E-state index is 13.6. The highest BCUT2D eigenvalue weighted by Gasteiger charge is 2.43. The maximum Gasteiger partial charge on any atom is 0.295 e. The number of hydrogen-bond donors (Lipinski definition) is 0. The Labute approximate surface area is 191 Å². The van der Waals surface area contributed by atoms with E-state index in [1.807, 2.05) is 25.1 Å². The van der Waals surface area contributed by atoms with Crippen molar-refractivity contribution in [2.24, 2.45) is 0 Å². The molecule has 0 aliphatic carbocycles. The number of fused-ring (bicyclic) bond motifs is 2. The zero-order chi connectivity index (χ0) is 22.4. The minimum absolute atomic E-state index is 0.0130. The smallest absolute Gasteiger partial charge is 0.295 e. The van der Waals surface area contributed by atoms with Crippen LogP contribution in [-0.4, -0.2) is 12.5 Å². The van der Waals surface area contributed by atoms with Crippen LogP contribution in [0.5, 0.6) is 5.75 Å². The van der Waals surface area contributed by atoms with Gasteiger partial charge in [-0.05, 0) is 67.1 Å². The number of carbonyl (C=O) groups is 1. The summed E-state index contributed by atoms with van der Waals surface area (Å²) in [6, 6.07) is 17.2. The van der Waals surface area contributed by atoms with Crippen LogP contribution in [0.15, 0.2) is 80.4 Å². The zero-order valence-corrected chi connectivity index (χ0v) is 18.6. The van der Waals surface area contributed by atoms with Crippen molar-refractivity contribution in [2.75, 3.05) is 11.5 Å². The Kier molecular flexibility index (Phi) is 5.06. The number of carbonyl (C=O) groups excluding carboxylic acids is 1. The van der Waals surface area contributed by atoms with Gasteiger partial charge in [0.15, 0.2) is 5.43 Å². The van der Waals surface area contributed by atoms with Gasteiger partial charge in [0.25, 0.3) is 5.91 Å². The highest BCUT2D eigenvalue weighted by Crippen LogP contribution is 2.42.